The SMILES string of the molecule is B.F.N#N. The maximum atomic E-state index is 6.00. The fraction of sp³-hybridized carbons (Fsp3) is 0. The van der Waals surface area contributed by atoms with E-state index in [9.17, 15) is 0 Å². The van der Waals surface area contributed by atoms with E-state index >= 15 is 0 Å². The summed E-state index contributed by atoms with van der Waals surface area (Å²) in [7, 11) is 0. The first-order valence-electron chi connectivity index (χ1n) is 0.200. The Kier molecular flexibility index (Phi) is 408. The Balaban J connectivity index is -0.00000000500. The lowest BCUT2D eigenvalue weighted by Gasteiger charge is -0.577. The van der Waals surface area contributed by atoms with Crippen molar-refractivity contribution in [1.29, 1.82) is 10.8 Å². The van der Waals surface area contributed by atoms with Crippen LogP contribution in [0.4, 0.5) is 4.70 Å². The van der Waals surface area contributed by atoms with Gasteiger partial charge in [0.1, 0.15) is 0 Å². The van der Waals surface area contributed by atoms with Gasteiger partial charge in [-0.05, 0) is 0 Å². The standard InChI is InChI=1S/BH3.FH.N2/c;;1-2/h1H3;1H;. The van der Waals surface area contributed by atoms with Crippen LogP contribution in [-0.2, 0) is 0 Å². The molecule has 0 radical (unpaired) electrons. The van der Waals surface area contributed by atoms with Crippen LogP contribution in [0.25, 0.3) is 0 Å². The van der Waals surface area contributed by atoms with Crippen molar-refractivity contribution in [2.45, 2.75) is 0 Å². The Morgan fingerprint density at radius 1 is 1.00 bits per heavy atom. The molecular formula is H4BFN2. The molecule has 0 atom stereocenters. The molecule has 0 amide bonds. The zero-order chi connectivity index (χ0) is 2.00. The molecule has 0 rings (SSSR count). The second-order valence-electron chi connectivity index (χ2n) is 0. The maximum Gasteiger partial charge on any atom is 0.0814 e. The van der Waals surface area contributed by atoms with Gasteiger partial charge in [-0.25, -0.2) is 0 Å². The van der Waals surface area contributed by atoms with E-state index in [1.807, 2.05) is 0 Å². The van der Waals surface area contributed by atoms with E-state index in [0.29, 0.717) is 0 Å². The topological polar surface area (TPSA) is 47.6 Å². The van der Waals surface area contributed by atoms with Gasteiger partial charge in [0.05, 0.1) is 8.41 Å². The molecule has 0 bridgehead atoms. The number of rotatable bonds is 0. The minimum atomic E-state index is 0. The van der Waals surface area contributed by atoms with Crippen molar-refractivity contribution in [3.05, 3.63) is 0 Å². The number of nitrogens with zero attached hydrogens (tertiary/aromatic N) is 2. The molecular weight excluding hydrogens is 57.8 g/mol. The first kappa shape index (κ1) is 116. The van der Waals surface area contributed by atoms with E-state index in [-0.39, 0.29) is 13.1 Å². The number of hydrogen-bond acceptors (Lipinski definition) is 2. The molecule has 0 saturated heterocycles. The Bertz CT molecular complexity index is 10.8. The Labute approximate surface area is 25.2 Å². The van der Waals surface area contributed by atoms with Gasteiger partial charge in [0.15, 0.2) is 0 Å². The van der Waals surface area contributed by atoms with E-state index < -0.39 is 0 Å². The Morgan fingerprint density at radius 2 is 1.00 bits per heavy atom. The lowest BCUT2D eigenvalue weighted by molar-refractivity contribution is 1.11. The number of halogens is 1. The van der Waals surface area contributed by atoms with E-state index in [0.717, 1.165) is 0 Å². The van der Waals surface area contributed by atoms with Gasteiger partial charge >= 0.3 is 0 Å². The molecule has 0 spiro atoms. The van der Waals surface area contributed by atoms with Crippen LogP contribution in [0, 0.1) is 10.8 Å². The highest BCUT2D eigenvalue weighted by Gasteiger charge is 0.577. The highest BCUT2D eigenvalue weighted by molar-refractivity contribution is 5.75. The van der Waals surface area contributed by atoms with E-state index in [2.05, 4.69) is 0 Å². The van der Waals surface area contributed by atoms with E-state index in [4.69, 9.17) is 10.8 Å². The van der Waals surface area contributed by atoms with Gasteiger partial charge in [-0.3, -0.25) is 4.70 Å². The Hall–Kier alpha value is -0.585. The summed E-state index contributed by atoms with van der Waals surface area (Å²) in [6, 6.07) is 0. The van der Waals surface area contributed by atoms with Gasteiger partial charge in [-0.15, -0.1) is 0 Å². The van der Waals surface area contributed by atoms with Crippen LogP contribution in [-0.4, -0.2) is 8.41 Å². The average Bonchev–Trinajstić information content (AvgIpc) is 1.00. The van der Waals surface area contributed by atoms with Gasteiger partial charge < -0.3 is 0 Å². The summed E-state index contributed by atoms with van der Waals surface area (Å²) < 4.78 is 0. The fourth-order valence-corrected chi connectivity index (χ4v) is 0. The largest absolute Gasteiger partial charge is 0.269 e. The van der Waals surface area contributed by atoms with Crippen LogP contribution in [0.1, 0.15) is 0 Å². The Morgan fingerprint density at radius 3 is 1.00 bits per heavy atom. The quantitative estimate of drug-likeness (QED) is 0.267. The molecule has 0 saturated carbocycles. The second kappa shape index (κ2) is 14.1. The normalized spacial score (nSPS) is 0.500. The smallest absolute Gasteiger partial charge is 0.0814 e. The van der Waals surface area contributed by atoms with Crippen molar-refractivity contribution in [2.75, 3.05) is 0 Å². The molecule has 0 aromatic rings. The van der Waals surface area contributed by atoms with E-state index in [1.54, 1.807) is 0 Å². The molecule has 0 N–H and O–H groups in total. The van der Waals surface area contributed by atoms with Gasteiger partial charge in [-0.1, -0.05) is 0 Å². The summed E-state index contributed by atoms with van der Waals surface area (Å²) in [4.78, 5) is 0. The minimum Gasteiger partial charge on any atom is -0.269 e. The van der Waals surface area contributed by atoms with Gasteiger partial charge in [0.25, 0.3) is 0 Å². The van der Waals surface area contributed by atoms with Crippen molar-refractivity contribution in [3.63, 3.8) is 0 Å². The summed E-state index contributed by atoms with van der Waals surface area (Å²) >= 11 is 0. The first-order chi connectivity index (χ1) is 1.00. The summed E-state index contributed by atoms with van der Waals surface area (Å²) in [5, 5.41) is 12.0. The molecule has 0 aliphatic carbocycles. The highest BCUT2D eigenvalue weighted by atomic mass is 19.0. The summed E-state index contributed by atoms with van der Waals surface area (Å²) in [5.74, 6) is 0. The van der Waals surface area contributed by atoms with Gasteiger partial charge in [0, 0.05) is 10.8 Å². The lowest BCUT2D eigenvalue weighted by atomic mass is 10.8. The molecule has 0 unspecified atom stereocenters. The molecule has 0 fully saturated rings. The third-order valence-electron chi connectivity index (χ3n) is 0. The third-order valence-corrected chi connectivity index (χ3v) is 0. The fourth-order valence-electron chi connectivity index (χ4n) is 0. The van der Waals surface area contributed by atoms with Crippen molar-refractivity contribution < 1.29 is 4.70 Å². The molecule has 2 nitrogen and oxygen atoms in total. The summed E-state index contributed by atoms with van der Waals surface area (Å²) in [6.45, 7) is 0. The van der Waals surface area contributed by atoms with Crippen LogP contribution in [0.2, 0.25) is 0 Å². The lowest BCUT2D eigenvalue weighted by Crippen LogP contribution is -0.562. The van der Waals surface area contributed by atoms with Crippen molar-refractivity contribution in [2.24, 2.45) is 0 Å². The van der Waals surface area contributed by atoms with Crippen molar-refractivity contribution >= 4 is 8.41 Å². The molecule has 0 aromatic carbocycles. The monoisotopic (exact) mass is 62.0 g/mol. The van der Waals surface area contributed by atoms with Crippen molar-refractivity contribution in [1.82, 2.24) is 0 Å². The van der Waals surface area contributed by atoms with Crippen LogP contribution < -0.4 is 0 Å². The molecule has 4 heavy (non-hydrogen) atoms. The molecule has 0 heterocycles. The average molecular weight is 61.9 g/mol. The van der Waals surface area contributed by atoms with E-state index in [1.165, 1.54) is 0 Å². The van der Waals surface area contributed by atoms with Gasteiger partial charge in [0.2, 0.25) is 0 Å². The molecule has 4 heteroatoms. The molecule has 0 aromatic heterocycles. The predicted molar refractivity (Wildman–Crippen MR) is 15.9 cm³/mol. The van der Waals surface area contributed by atoms with Crippen LogP contribution >= 0.6 is 0 Å². The van der Waals surface area contributed by atoms with Crippen LogP contribution in [0.3, 0.4) is 0 Å². The van der Waals surface area contributed by atoms with Crippen LogP contribution in [0.15, 0.2) is 0 Å². The molecule has 0 aliphatic rings. The minimum absolute atomic E-state index is 0. The predicted octanol–water partition coefficient (Wildman–Crippen LogP) is -1.00. The third kappa shape index (κ3) is 0.712. The van der Waals surface area contributed by atoms with Crippen LogP contribution in [0.5, 0.6) is 0 Å². The maximum absolute atomic E-state index is 6.00. The molecule has 24 valence electrons. The first-order valence-corrected chi connectivity index (χ1v) is 0.200. The summed E-state index contributed by atoms with van der Waals surface area (Å²) in [5.41, 5.74) is 0. The zero-order valence-corrected chi connectivity index (χ0v) is 1.30. The van der Waals surface area contributed by atoms with Crippen molar-refractivity contribution in [3.8, 4) is 0 Å². The molecule has 0 aliphatic heterocycles. The van der Waals surface area contributed by atoms with Gasteiger partial charge in [-0.2, -0.15) is 0 Å². The highest BCUT2D eigenvalue weighted by Crippen LogP contribution is 0.592. The second-order valence-corrected chi connectivity index (χ2v) is 0. The summed E-state index contributed by atoms with van der Waals surface area (Å²) in [6.07, 6.45) is 0. The number of hydrogen-bond donors (Lipinski definition) is 0. The zero-order valence-electron chi connectivity index (χ0n) is 1.30.